The Morgan fingerprint density at radius 2 is 1.97 bits per heavy atom. The van der Waals surface area contributed by atoms with Crippen molar-refractivity contribution in [3.05, 3.63) is 82.7 Å². The molecule has 0 unspecified atom stereocenters. The summed E-state index contributed by atoms with van der Waals surface area (Å²) >= 11 is 6.31. The van der Waals surface area contributed by atoms with Crippen LogP contribution in [0.15, 0.2) is 59.5 Å². The normalized spacial score (nSPS) is 14.8. The van der Waals surface area contributed by atoms with Crippen LogP contribution in [0.25, 0.3) is 5.69 Å². The third kappa shape index (κ3) is 5.01. The average Bonchev–Trinajstić information content (AvgIpc) is 3.11. The molecule has 1 aliphatic rings. The van der Waals surface area contributed by atoms with Crippen LogP contribution in [-0.4, -0.2) is 41.2 Å². The van der Waals surface area contributed by atoms with Crippen molar-refractivity contribution < 1.29 is 12.8 Å². The van der Waals surface area contributed by atoms with E-state index in [2.05, 4.69) is 27.1 Å². The summed E-state index contributed by atoms with van der Waals surface area (Å²) in [6.07, 6.45) is 5.52. The number of aromatic nitrogens is 3. The number of halogens is 2. The largest absolute Gasteiger partial charge is 0.292 e. The zero-order valence-electron chi connectivity index (χ0n) is 16.6. The van der Waals surface area contributed by atoms with Crippen LogP contribution in [-0.2, 0) is 23.0 Å². The minimum Gasteiger partial charge on any atom is -0.292 e. The van der Waals surface area contributed by atoms with E-state index in [0.29, 0.717) is 29.6 Å². The van der Waals surface area contributed by atoms with Crippen molar-refractivity contribution in [1.82, 2.24) is 19.7 Å². The minimum absolute atomic E-state index is 0.0896. The number of nitrogens with zero attached hydrogens (tertiary/aromatic N) is 4. The van der Waals surface area contributed by atoms with Gasteiger partial charge in [-0.25, -0.2) is 27.6 Å². The first kappa shape index (κ1) is 21.6. The standard InChI is InChI=1S/C21H21ClFN5O2S/c22-17-7-3-2-6-15(17)12-21-25-20(14-27-10-4-1-5-11-27)26-28(21)19-9-8-16(13-18(19)23)31(24,29)30/h1-4,6-9,13H,5,10-12,14H2,(H2,24,29,30). The maximum Gasteiger partial charge on any atom is 0.238 e. The van der Waals surface area contributed by atoms with Gasteiger partial charge >= 0.3 is 0 Å². The van der Waals surface area contributed by atoms with Gasteiger partial charge in [0, 0.05) is 24.5 Å². The number of hydrogen-bond donors (Lipinski definition) is 1. The van der Waals surface area contributed by atoms with Crippen LogP contribution in [0.1, 0.15) is 23.6 Å². The van der Waals surface area contributed by atoms with Gasteiger partial charge in [0.05, 0.1) is 11.4 Å². The van der Waals surface area contributed by atoms with Crippen LogP contribution in [0.2, 0.25) is 5.02 Å². The monoisotopic (exact) mass is 461 g/mol. The Hall–Kier alpha value is -2.59. The number of hydrogen-bond acceptors (Lipinski definition) is 5. The molecular weight excluding hydrogens is 441 g/mol. The molecule has 3 aromatic rings. The Balaban J connectivity index is 1.74. The Bertz CT molecular complexity index is 1240. The van der Waals surface area contributed by atoms with Crippen molar-refractivity contribution in [1.29, 1.82) is 0 Å². The molecule has 31 heavy (non-hydrogen) atoms. The lowest BCUT2D eigenvalue weighted by molar-refractivity contribution is 0.283. The highest BCUT2D eigenvalue weighted by Gasteiger charge is 2.20. The van der Waals surface area contributed by atoms with E-state index in [0.717, 1.165) is 31.1 Å². The number of benzene rings is 2. The van der Waals surface area contributed by atoms with E-state index in [1.165, 1.54) is 16.8 Å². The summed E-state index contributed by atoms with van der Waals surface area (Å²) in [6, 6.07) is 10.8. The van der Waals surface area contributed by atoms with Crippen molar-refractivity contribution in [3.8, 4) is 5.69 Å². The molecule has 10 heteroatoms. The molecule has 2 N–H and O–H groups in total. The second-order valence-electron chi connectivity index (χ2n) is 7.28. The average molecular weight is 462 g/mol. The van der Waals surface area contributed by atoms with Gasteiger partial charge in [-0.2, -0.15) is 0 Å². The lowest BCUT2D eigenvalue weighted by Crippen LogP contribution is -2.27. The summed E-state index contributed by atoms with van der Waals surface area (Å²) in [7, 11) is -4.02. The molecule has 0 radical (unpaired) electrons. The molecule has 0 atom stereocenters. The Morgan fingerprint density at radius 1 is 1.16 bits per heavy atom. The molecule has 0 bridgehead atoms. The molecule has 0 aliphatic carbocycles. The van der Waals surface area contributed by atoms with E-state index in [4.69, 9.17) is 16.7 Å². The minimum atomic E-state index is -4.02. The highest BCUT2D eigenvalue weighted by Crippen LogP contribution is 2.23. The van der Waals surface area contributed by atoms with E-state index in [1.54, 1.807) is 6.07 Å². The molecule has 0 saturated carbocycles. The fourth-order valence-corrected chi connectivity index (χ4v) is 4.18. The zero-order chi connectivity index (χ0) is 22.0. The Kier molecular flexibility index (Phi) is 6.19. The van der Waals surface area contributed by atoms with Gasteiger partial charge in [-0.05, 0) is 36.2 Å². The molecule has 7 nitrogen and oxygen atoms in total. The van der Waals surface area contributed by atoms with Gasteiger partial charge in [0.2, 0.25) is 10.0 Å². The quantitative estimate of drug-likeness (QED) is 0.569. The summed E-state index contributed by atoms with van der Waals surface area (Å²) in [5, 5.41) is 10.2. The van der Waals surface area contributed by atoms with Crippen LogP contribution in [0.5, 0.6) is 0 Å². The number of primary sulfonamides is 1. The highest BCUT2D eigenvalue weighted by atomic mass is 35.5. The van der Waals surface area contributed by atoms with Crippen molar-refractivity contribution in [2.75, 3.05) is 13.1 Å². The van der Waals surface area contributed by atoms with E-state index in [-0.39, 0.29) is 10.6 Å². The lowest BCUT2D eigenvalue weighted by Gasteiger charge is -2.20. The summed E-state index contributed by atoms with van der Waals surface area (Å²) in [6.45, 7) is 2.21. The highest BCUT2D eigenvalue weighted by molar-refractivity contribution is 7.89. The first-order chi connectivity index (χ1) is 14.8. The molecule has 2 aromatic carbocycles. The fraction of sp³-hybridized carbons (Fsp3) is 0.238. The summed E-state index contributed by atoms with van der Waals surface area (Å²) < 4.78 is 39.4. The van der Waals surface area contributed by atoms with Gasteiger partial charge in [-0.15, -0.1) is 5.10 Å². The molecule has 0 spiro atoms. The van der Waals surface area contributed by atoms with Gasteiger partial charge in [0.25, 0.3) is 0 Å². The van der Waals surface area contributed by atoms with Crippen LogP contribution in [0.4, 0.5) is 4.39 Å². The SMILES string of the molecule is NS(=O)(=O)c1ccc(-n2nc(CN3CC=CCC3)nc2Cc2ccccc2Cl)c(F)c1. The van der Waals surface area contributed by atoms with Crippen molar-refractivity contribution in [3.63, 3.8) is 0 Å². The van der Waals surface area contributed by atoms with Crippen LogP contribution in [0.3, 0.4) is 0 Å². The second kappa shape index (κ2) is 8.88. The third-order valence-electron chi connectivity index (χ3n) is 5.01. The van der Waals surface area contributed by atoms with E-state index in [1.807, 2.05) is 18.2 Å². The van der Waals surface area contributed by atoms with Crippen molar-refractivity contribution in [2.45, 2.75) is 24.3 Å². The zero-order valence-corrected chi connectivity index (χ0v) is 18.2. The summed E-state index contributed by atoms with van der Waals surface area (Å²) in [4.78, 5) is 6.54. The van der Waals surface area contributed by atoms with Crippen molar-refractivity contribution in [2.24, 2.45) is 5.14 Å². The Morgan fingerprint density at radius 3 is 2.65 bits per heavy atom. The van der Waals surface area contributed by atoms with E-state index < -0.39 is 15.8 Å². The van der Waals surface area contributed by atoms with Gasteiger partial charge in [0.15, 0.2) is 5.82 Å². The molecule has 4 rings (SSSR count). The molecule has 2 heterocycles. The van der Waals surface area contributed by atoms with Crippen LogP contribution < -0.4 is 5.14 Å². The van der Waals surface area contributed by atoms with Crippen LogP contribution in [0, 0.1) is 5.82 Å². The summed E-state index contributed by atoms with van der Waals surface area (Å²) in [5.74, 6) is 0.287. The number of sulfonamides is 1. The van der Waals surface area contributed by atoms with Gasteiger partial charge < -0.3 is 0 Å². The van der Waals surface area contributed by atoms with Gasteiger partial charge in [0.1, 0.15) is 17.3 Å². The van der Waals surface area contributed by atoms with Gasteiger partial charge in [-0.1, -0.05) is 42.0 Å². The first-order valence-corrected chi connectivity index (χ1v) is 11.6. The molecule has 162 valence electrons. The fourth-order valence-electron chi connectivity index (χ4n) is 3.45. The van der Waals surface area contributed by atoms with E-state index >= 15 is 0 Å². The van der Waals surface area contributed by atoms with Gasteiger partial charge in [-0.3, -0.25) is 4.90 Å². The lowest BCUT2D eigenvalue weighted by atomic mass is 10.1. The second-order valence-corrected chi connectivity index (χ2v) is 9.25. The maximum absolute atomic E-state index is 14.9. The predicted octanol–water partition coefficient (Wildman–Crippen LogP) is 3.06. The van der Waals surface area contributed by atoms with Crippen LogP contribution >= 0.6 is 11.6 Å². The van der Waals surface area contributed by atoms with E-state index in [9.17, 15) is 12.8 Å². The summed E-state index contributed by atoms with van der Waals surface area (Å²) in [5.41, 5.74) is 0.915. The number of nitrogens with two attached hydrogens (primary N) is 1. The first-order valence-electron chi connectivity index (χ1n) is 9.69. The topological polar surface area (TPSA) is 94.1 Å². The molecular formula is C21H21ClFN5O2S. The number of rotatable bonds is 6. The predicted molar refractivity (Wildman–Crippen MR) is 116 cm³/mol. The smallest absolute Gasteiger partial charge is 0.238 e. The molecule has 1 aromatic heterocycles. The Labute approximate surface area is 185 Å². The molecule has 0 amide bonds. The molecule has 0 fully saturated rings. The molecule has 0 saturated heterocycles. The third-order valence-corrected chi connectivity index (χ3v) is 6.29. The maximum atomic E-state index is 14.9. The van der Waals surface area contributed by atoms with Crippen molar-refractivity contribution >= 4 is 21.6 Å². The molecule has 1 aliphatic heterocycles.